The number of carbonyl (C=O) groups excluding carboxylic acids is 2. The number of thiophene rings is 1. The van der Waals surface area contributed by atoms with E-state index < -0.39 is 18.2 Å². The van der Waals surface area contributed by atoms with Crippen molar-refractivity contribution < 1.29 is 32.3 Å². The van der Waals surface area contributed by atoms with Crippen molar-refractivity contribution in [1.29, 1.82) is 0 Å². The van der Waals surface area contributed by atoms with Gasteiger partial charge >= 0.3 is 0 Å². The molecule has 0 aliphatic heterocycles. The van der Waals surface area contributed by atoms with E-state index >= 15 is 0 Å². The zero-order valence-electron chi connectivity index (χ0n) is 19.0. The Labute approximate surface area is 208 Å². The van der Waals surface area contributed by atoms with Gasteiger partial charge in [-0.15, -0.1) is 11.3 Å². The fraction of sp³-hybridized carbons (Fsp3) is 0.240. The molecule has 0 radical (unpaired) electrons. The van der Waals surface area contributed by atoms with Crippen molar-refractivity contribution in [3.05, 3.63) is 70.1 Å². The topological polar surface area (TPSA) is 117 Å². The number of halogens is 2. The molecule has 0 spiro atoms. The Balaban J connectivity index is 1.42. The van der Waals surface area contributed by atoms with Crippen molar-refractivity contribution in [3.8, 4) is 11.5 Å². The van der Waals surface area contributed by atoms with Crippen LogP contribution in [0.5, 0.6) is 11.5 Å². The van der Waals surface area contributed by atoms with Gasteiger partial charge in [-0.3, -0.25) is 9.59 Å². The highest BCUT2D eigenvalue weighted by Crippen LogP contribution is 2.48. The number of rotatable bonds is 9. The molecular weight excluding hydrogens is 492 g/mol. The van der Waals surface area contributed by atoms with Crippen LogP contribution < -0.4 is 20.5 Å². The minimum absolute atomic E-state index is 0.0199. The van der Waals surface area contributed by atoms with Crippen molar-refractivity contribution in [2.75, 3.05) is 12.4 Å². The monoisotopic (exact) mass is 513 g/mol. The third kappa shape index (κ3) is 4.61. The standard InChI is InChI=1S/C25H21F2N3O5S/c1-33-16-4-2-3-5-17(16)34-11-13-8-9-18(35-13)24(32)30-20-19-14(12-6-7-12)10-15(22(26)27)29-25(19)36-21(20)23(28)31/h2-5,8-10,12,22H,6-7,11H2,1H3,(H2,28,31)(H,30,32). The zero-order valence-corrected chi connectivity index (χ0v) is 19.9. The van der Waals surface area contributed by atoms with Crippen LogP contribution in [0.1, 0.15) is 62.4 Å². The summed E-state index contributed by atoms with van der Waals surface area (Å²) >= 11 is 0.878. The predicted molar refractivity (Wildman–Crippen MR) is 129 cm³/mol. The number of primary amides is 1. The number of benzene rings is 1. The number of aromatic nitrogens is 1. The van der Waals surface area contributed by atoms with E-state index in [2.05, 4.69) is 10.3 Å². The molecule has 3 aromatic heterocycles. The summed E-state index contributed by atoms with van der Waals surface area (Å²) in [6.45, 7) is 0.0493. The third-order valence-electron chi connectivity index (χ3n) is 5.74. The van der Waals surface area contributed by atoms with Gasteiger partial charge in [-0.05, 0) is 54.7 Å². The normalized spacial score (nSPS) is 13.2. The summed E-state index contributed by atoms with van der Waals surface area (Å²) in [5, 5.41) is 3.16. The van der Waals surface area contributed by atoms with Crippen LogP contribution >= 0.6 is 11.3 Å². The van der Waals surface area contributed by atoms with Crippen LogP contribution in [0.25, 0.3) is 10.2 Å². The molecule has 1 fully saturated rings. The predicted octanol–water partition coefficient (Wildman–Crippen LogP) is 5.64. The summed E-state index contributed by atoms with van der Waals surface area (Å²) in [7, 11) is 1.53. The van der Waals surface area contributed by atoms with E-state index in [-0.39, 0.29) is 39.4 Å². The number of methoxy groups -OCH3 is 1. The molecule has 1 aliphatic carbocycles. The molecule has 1 aromatic carbocycles. The summed E-state index contributed by atoms with van der Waals surface area (Å²) in [6, 6.07) is 11.5. The number of ether oxygens (including phenoxy) is 2. The van der Waals surface area contributed by atoms with Crippen LogP contribution in [0.15, 0.2) is 46.9 Å². The molecule has 1 saturated carbocycles. The van der Waals surface area contributed by atoms with Crippen molar-refractivity contribution in [2.24, 2.45) is 5.73 Å². The van der Waals surface area contributed by atoms with Gasteiger partial charge in [0.2, 0.25) is 0 Å². The van der Waals surface area contributed by atoms with Gasteiger partial charge in [0.15, 0.2) is 17.3 Å². The second-order valence-corrected chi connectivity index (χ2v) is 9.22. The van der Waals surface area contributed by atoms with Crippen LogP contribution in [0, 0.1) is 0 Å². The summed E-state index contributed by atoms with van der Waals surface area (Å²) in [5.74, 6) is 0.0782. The van der Waals surface area contributed by atoms with Gasteiger partial charge in [0.25, 0.3) is 18.2 Å². The molecule has 36 heavy (non-hydrogen) atoms. The minimum Gasteiger partial charge on any atom is -0.493 e. The number of carbonyl (C=O) groups is 2. The lowest BCUT2D eigenvalue weighted by atomic mass is 10.0. The number of hydrogen-bond donors (Lipinski definition) is 2. The van der Waals surface area contributed by atoms with Gasteiger partial charge in [-0.1, -0.05) is 12.1 Å². The molecule has 11 heteroatoms. The van der Waals surface area contributed by atoms with Crippen molar-refractivity contribution in [1.82, 2.24) is 4.98 Å². The number of hydrogen-bond acceptors (Lipinski definition) is 7. The average molecular weight is 514 g/mol. The minimum atomic E-state index is -2.76. The fourth-order valence-electron chi connectivity index (χ4n) is 3.91. The number of furan rings is 1. The lowest BCUT2D eigenvalue weighted by molar-refractivity contribution is 0.0992. The Morgan fingerprint density at radius 1 is 1.22 bits per heavy atom. The summed E-state index contributed by atoms with van der Waals surface area (Å²) in [4.78, 5) is 29.5. The molecule has 4 aromatic rings. The molecule has 1 aliphatic rings. The van der Waals surface area contributed by atoms with Crippen molar-refractivity contribution >= 4 is 39.1 Å². The van der Waals surface area contributed by atoms with Gasteiger partial charge < -0.3 is 24.9 Å². The molecule has 3 heterocycles. The van der Waals surface area contributed by atoms with E-state index in [4.69, 9.17) is 19.6 Å². The lowest BCUT2D eigenvalue weighted by Gasteiger charge is -2.10. The first-order valence-electron chi connectivity index (χ1n) is 11.1. The Kier molecular flexibility index (Phi) is 6.31. The van der Waals surface area contributed by atoms with Gasteiger partial charge in [0.05, 0.1) is 12.8 Å². The molecule has 0 unspecified atom stereocenters. The van der Waals surface area contributed by atoms with Crippen LogP contribution in [-0.4, -0.2) is 23.9 Å². The molecule has 5 rings (SSSR count). The fourth-order valence-corrected chi connectivity index (χ4v) is 4.93. The van der Waals surface area contributed by atoms with E-state index in [0.29, 0.717) is 28.2 Å². The number of nitrogens with two attached hydrogens (primary N) is 1. The third-order valence-corrected chi connectivity index (χ3v) is 6.84. The summed E-state index contributed by atoms with van der Waals surface area (Å²) in [5.41, 5.74) is 5.96. The Bertz CT molecular complexity index is 1460. The molecule has 2 amide bonds. The van der Waals surface area contributed by atoms with Gasteiger partial charge in [0.1, 0.15) is 27.8 Å². The number of anilines is 1. The molecule has 0 bridgehead atoms. The van der Waals surface area contributed by atoms with E-state index in [9.17, 15) is 18.4 Å². The number of amides is 2. The first-order chi connectivity index (χ1) is 17.4. The number of alkyl halides is 2. The highest BCUT2D eigenvalue weighted by molar-refractivity contribution is 7.21. The average Bonchev–Trinajstić information content (AvgIpc) is 3.49. The number of nitrogens with one attached hydrogen (secondary N) is 1. The highest BCUT2D eigenvalue weighted by Gasteiger charge is 2.32. The maximum atomic E-state index is 13.4. The lowest BCUT2D eigenvalue weighted by Crippen LogP contribution is -2.16. The SMILES string of the molecule is COc1ccccc1OCc1ccc(C(=O)Nc2c(C(N)=O)sc3nc(C(F)F)cc(C4CC4)c23)o1. The number of para-hydroxylation sites is 2. The maximum absolute atomic E-state index is 13.4. The summed E-state index contributed by atoms with van der Waals surface area (Å²) < 4.78 is 43.5. The molecule has 186 valence electrons. The maximum Gasteiger partial charge on any atom is 0.291 e. The van der Waals surface area contributed by atoms with E-state index in [1.807, 2.05) is 6.07 Å². The Morgan fingerprint density at radius 2 is 1.97 bits per heavy atom. The quantitative estimate of drug-likeness (QED) is 0.299. The van der Waals surface area contributed by atoms with Crippen LogP contribution in [0.3, 0.4) is 0 Å². The molecule has 8 nitrogen and oxygen atoms in total. The summed E-state index contributed by atoms with van der Waals surface area (Å²) in [6.07, 6.45) is -1.11. The van der Waals surface area contributed by atoms with Crippen LogP contribution in [0.2, 0.25) is 0 Å². The van der Waals surface area contributed by atoms with Crippen LogP contribution in [-0.2, 0) is 6.61 Å². The van der Waals surface area contributed by atoms with Crippen molar-refractivity contribution in [3.63, 3.8) is 0 Å². The largest absolute Gasteiger partial charge is 0.493 e. The molecule has 0 saturated heterocycles. The van der Waals surface area contributed by atoms with Gasteiger partial charge in [-0.25, -0.2) is 13.8 Å². The first-order valence-corrected chi connectivity index (χ1v) is 11.9. The Morgan fingerprint density at radius 3 is 2.64 bits per heavy atom. The van der Waals surface area contributed by atoms with E-state index in [1.54, 1.807) is 24.3 Å². The van der Waals surface area contributed by atoms with Gasteiger partial charge in [-0.2, -0.15) is 0 Å². The van der Waals surface area contributed by atoms with E-state index in [0.717, 1.165) is 24.2 Å². The molecule has 0 atom stereocenters. The number of pyridine rings is 1. The Hall–Kier alpha value is -3.99. The second-order valence-electron chi connectivity index (χ2n) is 8.22. The smallest absolute Gasteiger partial charge is 0.291 e. The van der Waals surface area contributed by atoms with E-state index in [1.165, 1.54) is 19.2 Å². The first kappa shape index (κ1) is 23.7. The number of nitrogens with zero attached hydrogens (tertiary/aromatic N) is 1. The zero-order chi connectivity index (χ0) is 25.4. The van der Waals surface area contributed by atoms with Crippen LogP contribution in [0.4, 0.5) is 14.5 Å². The van der Waals surface area contributed by atoms with Crippen molar-refractivity contribution in [2.45, 2.75) is 31.8 Å². The van der Waals surface area contributed by atoms with Gasteiger partial charge in [0, 0.05) is 5.39 Å². The number of fused-ring (bicyclic) bond motifs is 1. The molecular formula is C25H21F2N3O5S. The molecule has 3 N–H and O–H groups in total. The second kappa shape index (κ2) is 9.57. The highest BCUT2D eigenvalue weighted by atomic mass is 32.1.